The molecule has 0 radical (unpaired) electrons. The zero-order valence-electron chi connectivity index (χ0n) is 41.5. The molecule has 3 heterocycles. The standard InChI is InChI=1S/C72H49N3S/c1-4-23-50(24-5-1)58-33-10-11-34-59(58)63-39-22-44-71-72(63)64-38-15-19-43-69(64)75(71)53-45-46-70-65(49-53)62-37-14-18-42-68(62)74(70)52-26-21-32-57(48-52)76(54-27-6-2-7-28-54,55-29-8-3-9-30-55)56-31-20-25-51(47-56)73-66-40-16-12-35-60(66)61-36-13-17-41-67(61)73/h1-49H. The highest BCUT2D eigenvalue weighted by Gasteiger charge is 2.34. The second-order valence-corrected chi connectivity index (χ2v) is 22.7. The fourth-order valence-corrected chi connectivity index (χ4v) is 16.3. The van der Waals surface area contributed by atoms with E-state index in [0.717, 1.165) is 22.6 Å². The van der Waals surface area contributed by atoms with E-state index in [1.54, 1.807) is 0 Å². The van der Waals surface area contributed by atoms with E-state index in [0.29, 0.717) is 0 Å². The molecule has 0 unspecified atom stereocenters. The average Bonchev–Trinajstić information content (AvgIpc) is 4.15. The fourth-order valence-electron chi connectivity index (χ4n) is 12.4. The van der Waals surface area contributed by atoms with E-state index in [4.69, 9.17) is 0 Å². The molecular weight excluding hydrogens is 939 g/mol. The van der Waals surface area contributed by atoms with Gasteiger partial charge in [-0.25, -0.2) is 0 Å². The van der Waals surface area contributed by atoms with Crippen LogP contribution in [0.1, 0.15) is 0 Å². The first kappa shape index (κ1) is 43.9. The first-order chi connectivity index (χ1) is 37.7. The number of para-hydroxylation sites is 4. The van der Waals surface area contributed by atoms with Crippen LogP contribution in [0.3, 0.4) is 0 Å². The van der Waals surface area contributed by atoms with Crippen LogP contribution in [-0.4, -0.2) is 13.7 Å². The van der Waals surface area contributed by atoms with Gasteiger partial charge in [-0.15, -0.1) is 10.0 Å². The molecule has 3 aromatic heterocycles. The van der Waals surface area contributed by atoms with Gasteiger partial charge in [-0.1, -0.05) is 188 Å². The summed E-state index contributed by atoms with van der Waals surface area (Å²) >= 11 is 0. The molecule has 15 aromatic rings. The number of hydrogen-bond acceptors (Lipinski definition) is 0. The molecule has 0 aliphatic carbocycles. The summed E-state index contributed by atoms with van der Waals surface area (Å²) in [7, 11) is -2.10. The summed E-state index contributed by atoms with van der Waals surface area (Å²) in [5.41, 5.74) is 15.4. The van der Waals surface area contributed by atoms with Crippen molar-refractivity contribution in [3.8, 4) is 39.3 Å². The fraction of sp³-hybridized carbons (Fsp3) is 0. The first-order valence-corrected chi connectivity index (χ1v) is 27.7. The van der Waals surface area contributed by atoms with E-state index < -0.39 is 10.0 Å². The summed E-state index contributed by atoms with van der Waals surface area (Å²) in [5, 5.41) is 7.42. The van der Waals surface area contributed by atoms with Crippen LogP contribution in [0.25, 0.3) is 105 Å². The zero-order chi connectivity index (χ0) is 50.2. The number of rotatable bonds is 9. The topological polar surface area (TPSA) is 14.8 Å². The Labute approximate surface area is 442 Å². The lowest BCUT2D eigenvalue weighted by molar-refractivity contribution is 1.13. The van der Waals surface area contributed by atoms with Crippen molar-refractivity contribution in [3.63, 3.8) is 0 Å². The molecule has 15 rings (SSSR count). The van der Waals surface area contributed by atoms with Crippen LogP contribution < -0.4 is 0 Å². The predicted octanol–water partition coefficient (Wildman–Crippen LogP) is 19.7. The van der Waals surface area contributed by atoms with E-state index in [1.165, 1.54) is 102 Å². The van der Waals surface area contributed by atoms with Crippen molar-refractivity contribution in [2.75, 3.05) is 0 Å². The summed E-state index contributed by atoms with van der Waals surface area (Å²) in [5.74, 6) is 0. The second kappa shape index (κ2) is 17.8. The monoisotopic (exact) mass is 987 g/mol. The average molecular weight is 988 g/mol. The van der Waals surface area contributed by atoms with Crippen molar-refractivity contribution in [3.05, 3.63) is 297 Å². The molecule has 358 valence electrons. The summed E-state index contributed by atoms with van der Waals surface area (Å²) in [4.78, 5) is 5.09. The number of hydrogen-bond donors (Lipinski definition) is 0. The minimum absolute atomic E-state index is 1.12. The van der Waals surface area contributed by atoms with Gasteiger partial charge in [-0.05, 0) is 131 Å². The Kier molecular flexibility index (Phi) is 10.3. The number of benzene rings is 12. The van der Waals surface area contributed by atoms with Gasteiger partial charge < -0.3 is 13.7 Å². The highest BCUT2D eigenvalue weighted by molar-refractivity contribution is 8.34. The van der Waals surface area contributed by atoms with Crippen molar-refractivity contribution in [2.45, 2.75) is 19.6 Å². The molecule has 0 N–H and O–H groups in total. The zero-order valence-corrected chi connectivity index (χ0v) is 42.4. The molecule has 0 bridgehead atoms. The molecule has 12 aromatic carbocycles. The lowest BCUT2D eigenvalue weighted by Crippen LogP contribution is -2.07. The molecule has 0 aliphatic rings. The predicted molar refractivity (Wildman–Crippen MR) is 320 cm³/mol. The Balaban J connectivity index is 0.933. The highest BCUT2D eigenvalue weighted by atomic mass is 32.3. The van der Waals surface area contributed by atoms with Crippen molar-refractivity contribution in [2.24, 2.45) is 0 Å². The Morgan fingerprint density at radius 1 is 0.211 bits per heavy atom. The molecule has 0 spiro atoms. The van der Waals surface area contributed by atoms with Crippen LogP contribution in [-0.2, 0) is 0 Å². The minimum Gasteiger partial charge on any atom is -0.309 e. The van der Waals surface area contributed by atoms with E-state index in [2.05, 4.69) is 311 Å². The van der Waals surface area contributed by atoms with Crippen LogP contribution in [0.2, 0.25) is 0 Å². The van der Waals surface area contributed by atoms with Gasteiger partial charge in [-0.2, -0.15) is 0 Å². The van der Waals surface area contributed by atoms with Gasteiger partial charge in [0.1, 0.15) is 0 Å². The second-order valence-electron chi connectivity index (χ2n) is 19.6. The lowest BCUT2D eigenvalue weighted by atomic mass is 9.92. The van der Waals surface area contributed by atoms with Crippen LogP contribution >= 0.6 is 10.0 Å². The SMILES string of the molecule is c1ccc(-c2ccccc2-c2cccc3c2c2ccccc2n3-c2ccc3c(c2)c2ccccc2n3-c2cccc(S(c3ccccc3)(c3ccccc3)c3cccc(-n4c5ccccc5c5ccccc54)c3)c2)cc1. The quantitative estimate of drug-likeness (QED) is 0.137. The van der Waals surface area contributed by atoms with Gasteiger partial charge in [0.15, 0.2) is 0 Å². The van der Waals surface area contributed by atoms with Crippen LogP contribution in [0, 0.1) is 0 Å². The molecule has 0 saturated carbocycles. The van der Waals surface area contributed by atoms with Gasteiger partial charge in [-0.3, -0.25) is 0 Å². The minimum atomic E-state index is -2.10. The van der Waals surface area contributed by atoms with E-state index in [9.17, 15) is 0 Å². The van der Waals surface area contributed by atoms with E-state index in [-0.39, 0.29) is 0 Å². The summed E-state index contributed by atoms with van der Waals surface area (Å²) in [6, 6.07) is 110. The Hall–Kier alpha value is -9.61. The molecular formula is C72H49N3S. The first-order valence-electron chi connectivity index (χ1n) is 26.1. The Bertz CT molecular complexity index is 4610. The van der Waals surface area contributed by atoms with E-state index in [1.807, 2.05) is 0 Å². The van der Waals surface area contributed by atoms with Gasteiger partial charge in [0.05, 0.1) is 33.1 Å². The molecule has 3 nitrogen and oxygen atoms in total. The van der Waals surface area contributed by atoms with Crippen molar-refractivity contribution >= 4 is 75.4 Å². The van der Waals surface area contributed by atoms with E-state index >= 15 is 0 Å². The maximum Gasteiger partial charge on any atom is 0.0547 e. The number of nitrogens with zero attached hydrogens (tertiary/aromatic N) is 3. The highest BCUT2D eigenvalue weighted by Crippen LogP contribution is 2.73. The number of fused-ring (bicyclic) bond motifs is 9. The lowest BCUT2D eigenvalue weighted by Gasteiger charge is -2.42. The number of aromatic nitrogens is 3. The summed E-state index contributed by atoms with van der Waals surface area (Å²) < 4.78 is 7.40. The van der Waals surface area contributed by atoms with Gasteiger partial charge >= 0.3 is 0 Å². The summed E-state index contributed by atoms with van der Waals surface area (Å²) in [6.45, 7) is 0. The Morgan fingerprint density at radius 2 is 0.579 bits per heavy atom. The van der Waals surface area contributed by atoms with Crippen LogP contribution in [0.4, 0.5) is 0 Å². The Morgan fingerprint density at radius 3 is 1.14 bits per heavy atom. The van der Waals surface area contributed by atoms with Crippen LogP contribution in [0.5, 0.6) is 0 Å². The van der Waals surface area contributed by atoms with Gasteiger partial charge in [0, 0.05) is 69.0 Å². The largest absolute Gasteiger partial charge is 0.309 e. The maximum absolute atomic E-state index is 2.48. The molecule has 4 heteroatoms. The van der Waals surface area contributed by atoms with Crippen LogP contribution in [0.15, 0.2) is 317 Å². The molecule has 0 aliphatic heterocycles. The maximum atomic E-state index is 2.48. The molecule has 0 saturated heterocycles. The molecule has 76 heavy (non-hydrogen) atoms. The molecule has 0 fully saturated rings. The van der Waals surface area contributed by atoms with Crippen molar-refractivity contribution < 1.29 is 0 Å². The van der Waals surface area contributed by atoms with Gasteiger partial charge in [0.25, 0.3) is 0 Å². The third-order valence-electron chi connectivity index (χ3n) is 15.5. The third-order valence-corrected chi connectivity index (χ3v) is 19.4. The summed E-state index contributed by atoms with van der Waals surface area (Å²) in [6.07, 6.45) is 0. The van der Waals surface area contributed by atoms with Crippen molar-refractivity contribution in [1.82, 2.24) is 13.7 Å². The molecule has 0 amide bonds. The third kappa shape index (κ3) is 6.71. The normalized spacial score (nSPS) is 12.2. The van der Waals surface area contributed by atoms with Crippen molar-refractivity contribution in [1.29, 1.82) is 0 Å². The smallest absolute Gasteiger partial charge is 0.0547 e. The molecule has 0 atom stereocenters. The van der Waals surface area contributed by atoms with Gasteiger partial charge in [0.2, 0.25) is 0 Å².